The van der Waals surface area contributed by atoms with E-state index in [2.05, 4.69) is 44.8 Å². The molecule has 0 unspecified atom stereocenters. The summed E-state index contributed by atoms with van der Waals surface area (Å²) >= 11 is 0. The Morgan fingerprint density at radius 2 is 0.894 bits per heavy atom. The number of aliphatic hydroxyl groups excluding tert-OH is 1. The summed E-state index contributed by atoms with van der Waals surface area (Å²) in [5.41, 5.74) is 10.3. The lowest BCUT2D eigenvalue weighted by Gasteiger charge is -2.18. The van der Waals surface area contributed by atoms with Gasteiger partial charge >= 0.3 is 0 Å². The zero-order valence-corrected chi connectivity index (χ0v) is 49.9. The van der Waals surface area contributed by atoms with E-state index in [9.17, 15) is 9.90 Å². The molecule has 9 aromatic rings. The zero-order chi connectivity index (χ0) is 59.6. The smallest absolute Gasteiger partial charge is 0.191 e. The van der Waals surface area contributed by atoms with Crippen molar-refractivity contribution in [1.82, 2.24) is 4.98 Å². The number of aliphatic hydroxyl groups is 1. The minimum absolute atomic E-state index is 0.304. The maximum atomic E-state index is 12.5. The van der Waals surface area contributed by atoms with Gasteiger partial charge in [-0.1, -0.05) is 150 Å². The van der Waals surface area contributed by atoms with Crippen LogP contribution in [0.4, 0.5) is 0 Å². The van der Waals surface area contributed by atoms with Gasteiger partial charge in [-0.05, 0) is 121 Å². The number of rotatable bonds is 31. The molecule has 0 aliphatic rings. The SMILES string of the molecule is CCCc1c(OCCCOc2cc(OCc3ccccc3)c(-c3cocn3)cc2CC)cccc1Oc1ccccc1C.CCCc1c(OCCCOc2cc(OCc3ccccc3)c(C(=O)CO)cc2CC)cccc1Oc1ccccc1C. The first-order valence-electron chi connectivity index (χ1n) is 29.6. The number of aromatic nitrogens is 1. The van der Waals surface area contributed by atoms with Crippen molar-refractivity contribution >= 4 is 5.78 Å². The van der Waals surface area contributed by atoms with Crippen LogP contribution in [0.2, 0.25) is 0 Å². The largest absolute Gasteiger partial charge is 0.493 e. The summed E-state index contributed by atoms with van der Waals surface area (Å²) in [5, 5.41) is 9.52. The van der Waals surface area contributed by atoms with E-state index < -0.39 is 6.61 Å². The number of ketones is 1. The van der Waals surface area contributed by atoms with Gasteiger partial charge in [-0.15, -0.1) is 0 Å². The molecule has 0 aliphatic heterocycles. The van der Waals surface area contributed by atoms with Crippen molar-refractivity contribution in [1.29, 1.82) is 0 Å². The zero-order valence-electron chi connectivity index (χ0n) is 49.9. The van der Waals surface area contributed by atoms with E-state index in [1.165, 1.54) is 6.39 Å². The predicted octanol–water partition coefficient (Wildman–Crippen LogP) is 17.3. The number of aryl methyl sites for hydroxylation is 4. The molecule has 12 heteroatoms. The van der Waals surface area contributed by atoms with Crippen LogP contribution in [-0.2, 0) is 38.9 Å². The summed E-state index contributed by atoms with van der Waals surface area (Å²) < 4.78 is 55.1. The van der Waals surface area contributed by atoms with Crippen LogP contribution in [0.3, 0.4) is 0 Å². The summed E-state index contributed by atoms with van der Waals surface area (Å²) in [6, 6.07) is 55.4. The minimum Gasteiger partial charge on any atom is -0.493 e. The number of carbonyl (C=O) groups is 1. The lowest BCUT2D eigenvalue weighted by atomic mass is 10.0. The first-order valence-corrected chi connectivity index (χ1v) is 29.6. The van der Waals surface area contributed by atoms with Gasteiger partial charge in [0.25, 0.3) is 0 Å². The highest BCUT2D eigenvalue weighted by molar-refractivity contribution is 6.00. The maximum Gasteiger partial charge on any atom is 0.191 e. The third-order valence-corrected chi connectivity index (χ3v) is 14.1. The van der Waals surface area contributed by atoms with Gasteiger partial charge in [0.1, 0.15) is 89.3 Å². The Balaban J connectivity index is 0.000000221. The molecule has 85 heavy (non-hydrogen) atoms. The number of ether oxygens (including phenoxy) is 8. The Kier molecular flexibility index (Phi) is 23.9. The molecule has 0 bridgehead atoms. The first kappa shape index (κ1) is 62.1. The van der Waals surface area contributed by atoms with Crippen LogP contribution in [-0.4, -0.2) is 48.9 Å². The fourth-order valence-corrected chi connectivity index (χ4v) is 9.56. The number of hydrogen-bond acceptors (Lipinski definition) is 12. The molecule has 0 fully saturated rings. The molecule has 1 N–H and O–H groups in total. The highest BCUT2D eigenvalue weighted by atomic mass is 16.5. The van der Waals surface area contributed by atoms with Gasteiger partial charge in [0, 0.05) is 41.7 Å². The van der Waals surface area contributed by atoms with Gasteiger partial charge in [-0.2, -0.15) is 0 Å². The molecule has 0 saturated heterocycles. The van der Waals surface area contributed by atoms with Crippen LogP contribution in [0.15, 0.2) is 187 Å². The molecule has 0 radical (unpaired) electrons. The quantitative estimate of drug-likeness (QED) is 0.0327. The van der Waals surface area contributed by atoms with E-state index in [1.807, 2.05) is 159 Å². The molecular formula is C73H79NO11. The predicted molar refractivity (Wildman–Crippen MR) is 335 cm³/mol. The summed E-state index contributed by atoms with van der Waals surface area (Å²) in [7, 11) is 0. The van der Waals surface area contributed by atoms with Crippen molar-refractivity contribution in [3.05, 3.63) is 233 Å². The Labute approximate surface area is 501 Å². The normalized spacial score (nSPS) is 10.8. The fraction of sp³-hybridized carbons (Fsp3) is 0.288. The van der Waals surface area contributed by atoms with Crippen molar-refractivity contribution < 1.29 is 52.2 Å². The van der Waals surface area contributed by atoms with Crippen molar-refractivity contribution in [2.24, 2.45) is 0 Å². The fourth-order valence-electron chi connectivity index (χ4n) is 9.56. The summed E-state index contributed by atoms with van der Waals surface area (Å²) in [5.74, 6) is 7.21. The molecule has 0 amide bonds. The van der Waals surface area contributed by atoms with Gasteiger partial charge in [0.2, 0.25) is 0 Å². The van der Waals surface area contributed by atoms with Gasteiger partial charge in [0.05, 0.1) is 32.0 Å². The Bertz CT molecular complexity index is 3490. The number of hydrogen-bond donors (Lipinski definition) is 1. The molecule has 1 aromatic heterocycles. The van der Waals surface area contributed by atoms with Gasteiger partial charge < -0.3 is 47.4 Å². The summed E-state index contributed by atoms with van der Waals surface area (Å²) in [6.07, 6.45) is 9.62. The highest BCUT2D eigenvalue weighted by Crippen LogP contribution is 2.39. The lowest BCUT2D eigenvalue weighted by Crippen LogP contribution is -2.11. The van der Waals surface area contributed by atoms with Crippen LogP contribution in [0, 0.1) is 13.8 Å². The first-order chi connectivity index (χ1) is 41.7. The average Bonchev–Trinajstić information content (AvgIpc) is 4.13. The van der Waals surface area contributed by atoms with Crippen LogP contribution in [0.25, 0.3) is 11.3 Å². The monoisotopic (exact) mass is 1150 g/mol. The van der Waals surface area contributed by atoms with E-state index in [-0.39, 0.29) is 5.78 Å². The van der Waals surface area contributed by atoms with Crippen molar-refractivity contribution in [3.63, 3.8) is 0 Å². The second-order valence-electron chi connectivity index (χ2n) is 20.4. The topological polar surface area (TPSA) is 137 Å². The average molecular weight is 1150 g/mol. The van der Waals surface area contributed by atoms with E-state index >= 15 is 0 Å². The second-order valence-corrected chi connectivity index (χ2v) is 20.4. The maximum absolute atomic E-state index is 12.5. The van der Waals surface area contributed by atoms with E-state index in [1.54, 1.807) is 18.4 Å². The number of Topliss-reactive ketones (excluding diaryl/α,β-unsaturated/α-hetero) is 1. The third kappa shape index (κ3) is 17.8. The number of oxazole rings is 1. The van der Waals surface area contributed by atoms with Crippen LogP contribution >= 0.6 is 0 Å². The molecule has 12 nitrogen and oxygen atoms in total. The van der Waals surface area contributed by atoms with Gasteiger partial charge in [-0.3, -0.25) is 4.79 Å². The minimum atomic E-state index is -0.584. The number of benzene rings is 8. The Morgan fingerprint density at radius 1 is 0.459 bits per heavy atom. The molecule has 1 heterocycles. The molecular weight excluding hydrogens is 1070 g/mol. The van der Waals surface area contributed by atoms with E-state index in [0.29, 0.717) is 75.3 Å². The molecule has 8 aromatic carbocycles. The molecule has 442 valence electrons. The van der Waals surface area contributed by atoms with Crippen molar-refractivity contribution in [3.8, 4) is 68.8 Å². The third-order valence-electron chi connectivity index (χ3n) is 14.1. The van der Waals surface area contributed by atoms with E-state index in [0.717, 1.165) is 135 Å². The van der Waals surface area contributed by atoms with Crippen LogP contribution in [0.1, 0.15) is 108 Å². The molecule has 0 aliphatic carbocycles. The van der Waals surface area contributed by atoms with Gasteiger partial charge in [-0.25, -0.2) is 4.98 Å². The highest BCUT2D eigenvalue weighted by Gasteiger charge is 2.20. The number of para-hydroxylation sites is 2. The molecule has 0 spiro atoms. The van der Waals surface area contributed by atoms with Crippen LogP contribution in [0.5, 0.6) is 57.5 Å². The summed E-state index contributed by atoms with van der Waals surface area (Å²) in [6.45, 7) is 14.6. The number of carbonyl (C=O) groups excluding carboxylic acids is 1. The standard InChI is InChI=1S/C37H39NO5.C36H40O6/c1-4-13-30-34(18-11-19-35(30)43-33-17-10-9-14-27(33)3)40-20-12-21-41-36-23-37(42-24-28-15-7-6-8-16-28)31(22-29(36)5-2)32-25-39-26-38-32;1-4-13-29-33(18-11-19-34(29)42-32-17-10-9-14-26(32)3)39-20-12-21-40-35-23-36(41-25-27-15-7-6-8-16-27)30(31(38)24-37)22-28(35)5-2/h6-11,14-19,22-23,25-26H,4-5,12-13,20-21,24H2,1-3H3;6-11,14-19,22-23,37H,4-5,12-13,20-21,24-25H2,1-3H3. The van der Waals surface area contributed by atoms with Crippen molar-refractivity contribution in [2.45, 2.75) is 106 Å². The molecule has 9 rings (SSSR count). The van der Waals surface area contributed by atoms with Crippen LogP contribution < -0.4 is 37.9 Å². The lowest BCUT2D eigenvalue weighted by molar-refractivity contribution is 0.0899. The molecule has 0 saturated carbocycles. The van der Waals surface area contributed by atoms with Gasteiger partial charge in [0.15, 0.2) is 12.2 Å². The summed E-state index contributed by atoms with van der Waals surface area (Å²) in [4.78, 5) is 16.8. The second kappa shape index (κ2) is 32.7. The number of nitrogens with zero attached hydrogens (tertiary/aromatic N) is 1. The van der Waals surface area contributed by atoms with E-state index in [4.69, 9.17) is 42.3 Å². The Morgan fingerprint density at radius 3 is 1.35 bits per heavy atom. The van der Waals surface area contributed by atoms with Crippen molar-refractivity contribution in [2.75, 3.05) is 33.0 Å². The Hall–Kier alpha value is -9.00. The molecule has 0 atom stereocenters.